The van der Waals surface area contributed by atoms with Gasteiger partial charge in [0, 0.05) is 30.9 Å². The maximum absolute atomic E-state index is 10.8. The molecule has 0 saturated carbocycles. The van der Waals surface area contributed by atoms with Gasteiger partial charge in [0.25, 0.3) is 0 Å². The highest BCUT2D eigenvalue weighted by Gasteiger charge is 2.16. The Morgan fingerprint density at radius 3 is 2.95 bits per heavy atom. The minimum Gasteiger partial charge on any atom is -0.490 e. The molecule has 2 aromatic rings. The zero-order valence-corrected chi connectivity index (χ0v) is 10.4. The molecule has 0 fully saturated rings. The van der Waals surface area contributed by atoms with Gasteiger partial charge >= 0.3 is 5.69 Å². The Labute approximate surface area is 109 Å². The highest BCUT2D eigenvalue weighted by Crippen LogP contribution is 2.29. The van der Waals surface area contributed by atoms with Gasteiger partial charge in [-0.25, -0.2) is 4.98 Å². The first-order valence-corrected chi connectivity index (χ1v) is 5.72. The van der Waals surface area contributed by atoms with Crippen molar-refractivity contribution in [2.45, 2.75) is 6.42 Å². The fraction of sp³-hybridized carbons (Fsp3) is 0.250. The largest absolute Gasteiger partial charge is 0.490 e. The van der Waals surface area contributed by atoms with Crippen molar-refractivity contribution in [2.24, 2.45) is 5.73 Å². The molecule has 0 spiro atoms. The summed E-state index contributed by atoms with van der Waals surface area (Å²) in [6.45, 7) is 0.487. The fourth-order valence-corrected chi connectivity index (χ4v) is 1.85. The molecule has 0 aliphatic heterocycles. The minimum atomic E-state index is -0.475. The zero-order chi connectivity index (χ0) is 13.8. The summed E-state index contributed by atoms with van der Waals surface area (Å²) >= 11 is 0. The van der Waals surface area contributed by atoms with Crippen LogP contribution in [0.5, 0.6) is 5.75 Å². The van der Waals surface area contributed by atoms with Crippen LogP contribution in [0.3, 0.4) is 0 Å². The lowest BCUT2D eigenvalue weighted by atomic mass is 10.2. The van der Waals surface area contributed by atoms with E-state index in [0.29, 0.717) is 13.0 Å². The second-order valence-electron chi connectivity index (χ2n) is 3.87. The number of benzene rings is 1. The molecular weight excluding hydrogens is 248 g/mol. The van der Waals surface area contributed by atoms with Gasteiger partial charge in [0.1, 0.15) is 5.82 Å². The highest BCUT2D eigenvalue weighted by atomic mass is 16.6. The van der Waals surface area contributed by atoms with Crippen molar-refractivity contribution < 1.29 is 9.66 Å². The number of aromatic nitrogens is 2. The standard InChI is InChI=1S/C12H14N4O3/c1-19-11-8-9(2-3-10(11)16(17)18)15-7-6-14-12(15)4-5-13/h2-3,6-8H,4-5,13H2,1H3. The van der Waals surface area contributed by atoms with E-state index in [1.165, 1.54) is 13.2 Å². The van der Waals surface area contributed by atoms with E-state index >= 15 is 0 Å². The van der Waals surface area contributed by atoms with Gasteiger partial charge in [0.15, 0.2) is 5.75 Å². The number of nitro groups is 1. The molecule has 1 aromatic carbocycles. The third-order valence-corrected chi connectivity index (χ3v) is 2.72. The third-order valence-electron chi connectivity index (χ3n) is 2.72. The van der Waals surface area contributed by atoms with E-state index in [-0.39, 0.29) is 11.4 Å². The molecule has 7 heteroatoms. The van der Waals surface area contributed by atoms with E-state index in [4.69, 9.17) is 10.5 Å². The topological polar surface area (TPSA) is 96.2 Å². The molecule has 0 unspecified atom stereocenters. The van der Waals surface area contributed by atoms with E-state index in [2.05, 4.69) is 4.98 Å². The molecule has 0 aliphatic rings. The maximum Gasteiger partial charge on any atom is 0.311 e. The van der Waals surface area contributed by atoms with Crippen LogP contribution in [0.15, 0.2) is 30.6 Å². The first-order valence-electron chi connectivity index (χ1n) is 5.72. The van der Waals surface area contributed by atoms with E-state index in [1.807, 2.05) is 4.57 Å². The Bertz CT molecular complexity index is 594. The van der Waals surface area contributed by atoms with E-state index in [1.54, 1.807) is 24.5 Å². The number of nitrogens with two attached hydrogens (primary N) is 1. The minimum absolute atomic E-state index is 0.0632. The number of ether oxygens (including phenoxy) is 1. The van der Waals surface area contributed by atoms with Gasteiger partial charge in [-0.2, -0.15) is 0 Å². The smallest absolute Gasteiger partial charge is 0.311 e. The van der Waals surface area contributed by atoms with Crippen LogP contribution in [0.25, 0.3) is 5.69 Å². The van der Waals surface area contributed by atoms with Crippen molar-refractivity contribution in [3.63, 3.8) is 0 Å². The fourth-order valence-electron chi connectivity index (χ4n) is 1.85. The summed E-state index contributed by atoms with van der Waals surface area (Å²) < 4.78 is 6.88. The van der Waals surface area contributed by atoms with Crippen molar-refractivity contribution >= 4 is 5.69 Å². The van der Waals surface area contributed by atoms with Crippen LogP contribution >= 0.6 is 0 Å². The molecule has 2 rings (SSSR count). The quantitative estimate of drug-likeness (QED) is 0.647. The average molecular weight is 262 g/mol. The number of nitro benzene ring substituents is 1. The number of rotatable bonds is 5. The van der Waals surface area contributed by atoms with Crippen LogP contribution in [-0.4, -0.2) is 28.1 Å². The number of hydrogen-bond acceptors (Lipinski definition) is 5. The van der Waals surface area contributed by atoms with Crippen molar-refractivity contribution in [1.29, 1.82) is 0 Å². The number of nitrogens with zero attached hydrogens (tertiary/aromatic N) is 3. The predicted octanol–water partition coefficient (Wildman–Crippen LogP) is 1.29. The summed E-state index contributed by atoms with van der Waals surface area (Å²) in [5.41, 5.74) is 6.21. The van der Waals surface area contributed by atoms with Crippen LogP contribution in [0, 0.1) is 10.1 Å². The van der Waals surface area contributed by atoms with Crippen molar-refractivity contribution in [1.82, 2.24) is 9.55 Å². The Morgan fingerprint density at radius 2 is 2.32 bits per heavy atom. The average Bonchev–Trinajstić information content (AvgIpc) is 2.86. The Morgan fingerprint density at radius 1 is 1.53 bits per heavy atom. The summed E-state index contributed by atoms with van der Waals surface area (Å²) in [4.78, 5) is 14.6. The molecule has 19 heavy (non-hydrogen) atoms. The van der Waals surface area contributed by atoms with Crippen LogP contribution in [0.2, 0.25) is 0 Å². The van der Waals surface area contributed by atoms with Crippen molar-refractivity contribution in [3.8, 4) is 11.4 Å². The van der Waals surface area contributed by atoms with Crippen LogP contribution < -0.4 is 10.5 Å². The Hall–Kier alpha value is -2.41. The lowest BCUT2D eigenvalue weighted by Gasteiger charge is -2.09. The molecule has 1 aromatic heterocycles. The molecule has 1 heterocycles. The first-order chi connectivity index (χ1) is 9.17. The van der Waals surface area contributed by atoms with Crippen LogP contribution in [0.1, 0.15) is 5.82 Å². The Balaban J connectivity index is 2.45. The molecule has 2 N–H and O–H groups in total. The van der Waals surface area contributed by atoms with Gasteiger partial charge in [0.05, 0.1) is 17.7 Å². The van der Waals surface area contributed by atoms with E-state index in [9.17, 15) is 10.1 Å². The molecule has 7 nitrogen and oxygen atoms in total. The summed E-state index contributed by atoms with van der Waals surface area (Å²) in [5.74, 6) is 1.02. The van der Waals surface area contributed by atoms with Crippen molar-refractivity contribution in [2.75, 3.05) is 13.7 Å². The second kappa shape index (κ2) is 5.49. The number of hydrogen-bond donors (Lipinski definition) is 1. The summed E-state index contributed by atoms with van der Waals surface area (Å²) in [6, 6.07) is 4.68. The molecular formula is C12H14N4O3. The van der Waals surface area contributed by atoms with E-state index < -0.39 is 4.92 Å². The first kappa shape index (κ1) is 13.0. The summed E-state index contributed by atoms with van der Waals surface area (Å²) in [5, 5.41) is 10.8. The summed E-state index contributed by atoms with van der Waals surface area (Å²) in [6.07, 6.45) is 4.08. The van der Waals surface area contributed by atoms with Gasteiger partial charge < -0.3 is 15.0 Å². The molecule has 0 amide bonds. The zero-order valence-electron chi connectivity index (χ0n) is 10.4. The van der Waals surface area contributed by atoms with Gasteiger partial charge in [-0.05, 0) is 12.6 Å². The van der Waals surface area contributed by atoms with Crippen molar-refractivity contribution in [3.05, 3.63) is 46.5 Å². The number of imidazole rings is 1. The van der Waals surface area contributed by atoms with Gasteiger partial charge in [-0.3, -0.25) is 10.1 Å². The summed E-state index contributed by atoms with van der Waals surface area (Å²) in [7, 11) is 1.40. The highest BCUT2D eigenvalue weighted by molar-refractivity contribution is 5.53. The lowest BCUT2D eigenvalue weighted by molar-refractivity contribution is -0.385. The predicted molar refractivity (Wildman–Crippen MR) is 69.5 cm³/mol. The Kier molecular flexibility index (Phi) is 3.76. The molecule has 0 atom stereocenters. The second-order valence-corrected chi connectivity index (χ2v) is 3.87. The van der Waals surface area contributed by atoms with Gasteiger partial charge in [-0.15, -0.1) is 0 Å². The molecule has 100 valence electrons. The van der Waals surface area contributed by atoms with E-state index in [0.717, 1.165) is 11.5 Å². The molecule has 0 bridgehead atoms. The SMILES string of the molecule is COc1cc(-n2ccnc2CCN)ccc1[N+](=O)[O-]. The lowest BCUT2D eigenvalue weighted by Crippen LogP contribution is -2.08. The molecule has 0 radical (unpaired) electrons. The molecule has 0 saturated heterocycles. The number of methoxy groups -OCH3 is 1. The van der Waals surface area contributed by atoms with Gasteiger partial charge in [-0.1, -0.05) is 0 Å². The molecule has 0 aliphatic carbocycles. The van der Waals surface area contributed by atoms with Crippen LogP contribution in [-0.2, 0) is 6.42 Å². The normalized spacial score (nSPS) is 10.4. The van der Waals surface area contributed by atoms with Crippen LogP contribution in [0.4, 0.5) is 5.69 Å². The van der Waals surface area contributed by atoms with Gasteiger partial charge in [0.2, 0.25) is 0 Å². The maximum atomic E-state index is 10.8. The third kappa shape index (κ3) is 2.55. The monoisotopic (exact) mass is 262 g/mol.